The zero-order valence-electron chi connectivity index (χ0n) is 11.7. The average molecular weight is 320 g/mol. The molecule has 1 aromatic heterocycles. The first-order chi connectivity index (χ1) is 10.1. The number of hydrogen-bond donors (Lipinski definition) is 1. The third kappa shape index (κ3) is 4.34. The molecule has 1 N–H and O–H groups in total. The molecular weight excluding hydrogens is 302 g/mol. The molecule has 1 aromatic rings. The number of thiazole rings is 1. The molecule has 118 valence electrons. The summed E-state index contributed by atoms with van der Waals surface area (Å²) < 4.78 is 33.6. The Morgan fingerprint density at radius 3 is 3.10 bits per heavy atom. The highest BCUT2D eigenvalue weighted by atomic mass is 32.1. The van der Waals surface area contributed by atoms with E-state index in [1.54, 1.807) is 6.92 Å². The van der Waals surface area contributed by atoms with E-state index in [-0.39, 0.29) is 18.5 Å². The van der Waals surface area contributed by atoms with Crippen LogP contribution in [0.2, 0.25) is 0 Å². The highest BCUT2D eigenvalue weighted by Crippen LogP contribution is 2.38. The predicted molar refractivity (Wildman–Crippen MR) is 75.1 cm³/mol. The molecule has 0 aromatic carbocycles. The minimum atomic E-state index is -2.45. The zero-order chi connectivity index (χ0) is 15.2. The molecule has 21 heavy (non-hydrogen) atoms. The second-order valence-corrected chi connectivity index (χ2v) is 5.65. The van der Waals surface area contributed by atoms with Gasteiger partial charge in [-0.25, -0.2) is 13.8 Å². The molecule has 0 amide bonds. The Labute approximate surface area is 125 Å². The van der Waals surface area contributed by atoms with Crippen LogP contribution in [-0.4, -0.2) is 43.7 Å². The van der Waals surface area contributed by atoms with Gasteiger partial charge in [-0.15, -0.1) is 11.3 Å². The Bertz CT molecular complexity index is 482. The van der Waals surface area contributed by atoms with Gasteiger partial charge >= 0.3 is 5.97 Å². The zero-order valence-corrected chi connectivity index (χ0v) is 12.5. The number of anilines is 1. The summed E-state index contributed by atoms with van der Waals surface area (Å²) in [5.41, 5.74) is 0.787. The van der Waals surface area contributed by atoms with Crippen molar-refractivity contribution in [3.05, 3.63) is 10.6 Å². The maximum Gasteiger partial charge on any atom is 0.315 e. The van der Waals surface area contributed by atoms with Crippen LogP contribution in [0.1, 0.15) is 29.8 Å². The second-order valence-electron chi connectivity index (χ2n) is 4.56. The van der Waals surface area contributed by atoms with E-state index in [0.29, 0.717) is 18.3 Å². The standard InChI is InChI=1S/C13H18F2N2O3S/c1-2-20-12(18)8-3-4-9-11(8)17-13(21-9)16-5-6-19-7-10(14)15/h8,10H,2-7H2,1H3,(H,16,17). The van der Waals surface area contributed by atoms with Crippen molar-refractivity contribution in [3.63, 3.8) is 0 Å². The highest BCUT2D eigenvalue weighted by Gasteiger charge is 2.33. The number of rotatable bonds is 8. The number of carbonyl (C=O) groups excluding carboxylic acids is 1. The summed E-state index contributed by atoms with van der Waals surface area (Å²) in [4.78, 5) is 17.3. The summed E-state index contributed by atoms with van der Waals surface area (Å²) in [5, 5.41) is 3.71. The predicted octanol–water partition coefficient (Wildman–Crippen LogP) is 2.43. The SMILES string of the molecule is CCOC(=O)C1CCc2sc(NCCOCC(F)F)nc21. The van der Waals surface area contributed by atoms with Gasteiger partial charge in [0, 0.05) is 11.4 Å². The number of carbonyl (C=O) groups is 1. The Balaban J connectivity index is 1.82. The third-order valence-electron chi connectivity index (χ3n) is 3.06. The van der Waals surface area contributed by atoms with E-state index in [1.165, 1.54) is 11.3 Å². The van der Waals surface area contributed by atoms with E-state index in [4.69, 9.17) is 9.47 Å². The lowest BCUT2D eigenvalue weighted by Gasteiger charge is -2.08. The van der Waals surface area contributed by atoms with Crippen LogP contribution < -0.4 is 5.32 Å². The van der Waals surface area contributed by atoms with E-state index in [2.05, 4.69) is 10.3 Å². The van der Waals surface area contributed by atoms with Crippen LogP contribution in [0.4, 0.5) is 13.9 Å². The minimum Gasteiger partial charge on any atom is -0.465 e. The van der Waals surface area contributed by atoms with E-state index in [9.17, 15) is 13.6 Å². The lowest BCUT2D eigenvalue weighted by Crippen LogP contribution is -2.15. The molecule has 0 spiro atoms. The van der Waals surface area contributed by atoms with Gasteiger partial charge in [0.25, 0.3) is 6.43 Å². The summed E-state index contributed by atoms with van der Waals surface area (Å²) in [7, 11) is 0. The van der Waals surface area contributed by atoms with Crippen molar-refractivity contribution in [1.82, 2.24) is 4.98 Å². The van der Waals surface area contributed by atoms with Gasteiger partial charge in [0.2, 0.25) is 0 Å². The summed E-state index contributed by atoms with van der Waals surface area (Å²) in [6.45, 7) is 2.18. The lowest BCUT2D eigenvalue weighted by atomic mass is 10.1. The monoisotopic (exact) mass is 320 g/mol. The van der Waals surface area contributed by atoms with Crippen molar-refractivity contribution in [3.8, 4) is 0 Å². The number of ether oxygens (including phenoxy) is 2. The van der Waals surface area contributed by atoms with Crippen LogP contribution in [0.5, 0.6) is 0 Å². The smallest absolute Gasteiger partial charge is 0.315 e. The number of alkyl halides is 2. The fourth-order valence-corrected chi connectivity index (χ4v) is 3.24. The molecule has 8 heteroatoms. The van der Waals surface area contributed by atoms with Gasteiger partial charge in [0.1, 0.15) is 12.5 Å². The molecule has 1 heterocycles. The molecule has 1 atom stereocenters. The number of aryl methyl sites for hydroxylation is 1. The van der Waals surface area contributed by atoms with E-state index < -0.39 is 13.0 Å². The van der Waals surface area contributed by atoms with Gasteiger partial charge in [-0.3, -0.25) is 4.79 Å². The number of hydrogen-bond acceptors (Lipinski definition) is 6. The summed E-state index contributed by atoms with van der Waals surface area (Å²) >= 11 is 1.49. The van der Waals surface area contributed by atoms with Gasteiger partial charge in [-0.05, 0) is 19.8 Å². The maximum atomic E-state index is 11.9. The Kier molecular flexibility index (Phi) is 5.86. The molecule has 0 fully saturated rings. The number of aromatic nitrogens is 1. The van der Waals surface area contributed by atoms with E-state index >= 15 is 0 Å². The van der Waals surface area contributed by atoms with Crippen LogP contribution >= 0.6 is 11.3 Å². The molecule has 1 unspecified atom stereocenters. The normalized spacial score (nSPS) is 17.0. The van der Waals surface area contributed by atoms with Crippen molar-refractivity contribution >= 4 is 22.4 Å². The summed E-state index contributed by atoms with van der Waals surface area (Å²) in [6, 6.07) is 0. The number of halogens is 2. The molecule has 0 bridgehead atoms. The molecule has 0 saturated carbocycles. The van der Waals surface area contributed by atoms with Crippen LogP contribution in [0.3, 0.4) is 0 Å². The second kappa shape index (κ2) is 7.65. The van der Waals surface area contributed by atoms with Crippen molar-refractivity contribution in [2.45, 2.75) is 32.1 Å². The fraction of sp³-hybridized carbons (Fsp3) is 0.692. The van der Waals surface area contributed by atoms with Crippen molar-refractivity contribution in [1.29, 1.82) is 0 Å². The first-order valence-electron chi connectivity index (χ1n) is 6.87. The van der Waals surface area contributed by atoms with Crippen LogP contribution in [-0.2, 0) is 20.7 Å². The number of esters is 1. The average Bonchev–Trinajstić information content (AvgIpc) is 2.97. The molecule has 1 aliphatic carbocycles. The van der Waals surface area contributed by atoms with Crippen molar-refractivity contribution in [2.24, 2.45) is 0 Å². The van der Waals surface area contributed by atoms with Gasteiger partial charge < -0.3 is 14.8 Å². The van der Waals surface area contributed by atoms with Gasteiger partial charge in [-0.1, -0.05) is 0 Å². The van der Waals surface area contributed by atoms with Gasteiger partial charge in [0.15, 0.2) is 5.13 Å². The quantitative estimate of drug-likeness (QED) is 0.589. The summed E-state index contributed by atoms with van der Waals surface area (Å²) in [6.07, 6.45) is -0.885. The number of fused-ring (bicyclic) bond motifs is 1. The van der Waals surface area contributed by atoms with Crippen molar-refractivity contribution in [2.75, 3.05) is 31.7 Å². The van der Waals surface area contributed by atoms with Crippen LogP contribution in [0.15, 0.2) is 0 Å². The molecular formula is C13H18F2N2O3S. The Morgan fingerprint density at radius 2 is 2.38 bits per heavy atom. The van der Waals surface area contributed by atoms with E-state index in [1.807, 2.05) is 0 Å². The first-order valence-corrected chi connectivity index (χ1v) is 7.69. The Morgan fingerprint density at radius 1 is 1.57 bits per heavy atom. The molecule has 2 rings (SSSR count). The minimum absolute atomic E-state index is 0.190. The maximum absolute atomic E-state index is 11.9. The van der Waals surface area contributed by atoms with Gasteiger partial charge in [0.05, 0.1) is 18.9 Å². The summed E-state index contributed by atoms with van der Waals surface area (Å²) in [5.74, 6) is -0.504. The highest BCUT2D eigenvalue weighted by molar-refractivity contribution is 7.15. The molecule has 5 nitrogen and oxygen atoms in total. The lowest BCUT2D eigenvalue weighted by molar-refractivity contribution is -0.145. The fourth-order valence-electron chi connectivity index (χ4n) is 2.18. The van der Waals surface area contributed by atoms with E-state index in [0.717, 1.165) is 23.4 Å². The van der Waals surface area contributed by atoms with Crippen LogP contribution in [0.25, 0.3) is 0 Å². The topological polar surface area (TPSA) is 60.5 Å². The Hall–Kier alpha value is -1.28. The number of nitrogens with zero attached hydrogens (tertiary/aromatic N) is 1. The van der Waals surface area contributed by atoms with Gasteiger partial charge in [-0.2, -0.15) is 0 Å². The molecule has 0 aliphatic heterocycles. The van der Waals surface area contributed by atoms with Crippen LogP contribution in [0, 0.1) is 0 Å². The molecule has 0 radical (unpaired) electrons. The largest absolute Gasteiger partial charge is 0.465 e. The molecule has 1 aliphatic rings. The number of nitrogens with one attached hydrogen (secondary N) is 1. The molecule has 0 saturated heterocycles. The third-order valence-corrected chi connectivity index (χ3v) is 4.14. The first kappa shape index (κ1) is 16.1. The van der Waals surface area contributed by atoms with Crippen molar-refractivity contribution < 1.29 is 23.0 Å².